The minimum atomic E-state index is -0.441. The molecule has 0 saturated carbocycles. The van der Waals surface area contributed by atoms with Gasteiger partial charge in [0.1, 0.15) is 6.61 Å². The number of ether oxygens (including phenoxy) is 1. The van der Waals surface area contributed by atoms with E-state index >= 15 is 0 Å². The van der Waals surface area contributed by atoms with E-state index in [0.29, 0.717) is 0 Å². The maximum atomic E-state index is 13.4. The Morgan fingerprint density at radius 1 is 1.44 bits per heavy atom. The van der Waals surface area contributed by atoms with Gasteiger partial charge in [-0.2, -0.15) is 5.10 Å². The van der Waals surface area contributed by atoms with Crippen LogP contribution in [0, 0.1) is 12.7 Å². The van der Waals surface area contributed by atoms with Crippen molar-refractivity contribution in [1.82, 2.24) is 14.8 Å². The highest BCUT2D eigenvalue weighted by atomic mass is 19.1. The summed E-state index contributed by atoms with van der Waals surface area (Å²) < 4.78 is 20.3. The van der Waals surface area contributed by atoms with E-state index in [-0.39, 0.29) is 12.5 Å². The Bertz CT molecular complexity index is 496. The van der Waals surface area contributed by atoms with Gasteiger partial charge in [0.2, 0.25) is 0 Å². The van der Waals surface area contributed by atoms with E-state index < -0.39 is 5.82 Å². The highest BCUT2D eigenvalue weighted by Gasteiger charge is 2.05. The summed E-state index contributed by atoms with van der Waals surface area (Å²) in [6, 6.07) is 1.39. The van der Waals surface area contributed by atoms with Gasteiger partial charge < -0.3 is 4.74 Å². The Labute approximate surface area is 92.7 Å². The average Bonchev–Trinajstić information content (AvgIpc) is 2.63. The lowest BCUT2D eigenvalue weighted by Gasteiger charge is -2.04. The minimum Gasteiger partial charge on any atom is -0.471 e. The van der Waals surface area contributed by atoms with Crippen molar-refractivity contribution in [2.75, 3.05) is 0 Å². The van der Waals surface area contributed by atoms with Gasteiger partial charge in [-0.25, -0.2) is 9.37 Å². The molecule has 2 rings (SSSR count). The fourth-order valence-corrected chi connectivity index (χ4v) is 1.33. The Balaban J connectivity index is 2.04. The number of aromatic nitrogens is 3. The summed E-state index contributed by atoms with van der Waals surface area (Å²) in [5.74, 6) is -0.418. The molecule has 2 aromatic heterocycles. The molecule has 4 nitrogen and oxygen atoms in total. The van der Waals surface area contributed by atoms with Crippen molar-refractivity contribution >= 4 is 0 Å². The maximum absolute atomic E-state index is 13.4. The first-order valence-corrected chi connectivity index (χ1v) is 4.87. The molecule has 16 heavy (non-hydrogen) atoms. The van der Waals surface area contributed by atoms with E-state index in [4.69, 9.17) is 4.74 Å². The van der Waals surface area contributed by atoms with Crippen LogP contribution in [0.4, 0.5) is 4.39 Å². The summed E-state index contributed by atoms with van der Waals surface area (Å²) in [7, 11) is 1.81. The molecular weight excluding hydrogens is 209 g/mol. The lowest BCUT2D eigenvalue weighted by molar-refractivity contribution is 0.277. The second-order valence-electron chi connectivity index (χ2n) is 3.61. The largest absolute Gasteiger partial charge is 0.471 e. The summed E-state index contributed by atoms with van der Waals surface area (Å²) in [4.78, 5) is 3.88. The highest BCUT2D eigenvalue weighted by molar-refractivity contribution is 5.19. The van der Waals surface area contributed by atoms with E-state index in [0.717, 1.165) is 11.1 Å². The van der Waals surface area contributed by atoms with Crippen molar-refractivity contribution in [1.29, 1.82) is 0 Å². The molecule has 0 bridgehead atoms. The fraction of sp³-hybridized carbons (Fsp3) is 0.273. The van der Waals surface area contributed by atoms with Crippen molar-refractivity contribution < 1.29 is 9.13 Å². The molecular formula is C11H12FN3O. The normalized spacial score (nSPS) is 10.4. The number of nitrogens with zero attached hydrogens (tertiary/aromatic N) is 3. The lowest BCUT2D eigenvalue weighted by Crippen LogP contribution is -1.99. The maximum Gasteiger partial charge on any atom is 0.250 e. The van der Waals surface area contributed by atoms with Gasteiger partial charge in [-0.15, -0.1) is 0 Å². The van der Waals surface area contributed by atoms with Gasteiger partial charge in [0.15, 0.2) is 5.82 Å². The first-order chi connectivity index (χ1) is 7.65. The zero-order chi connectivity index (χ0) is 11.5. The molecule has 0 spiro atoms. The summed E-state index contributed by atoms with van der Waals surface area (Å²) in [6.07, 6.45) is 5.06. The summed E-state index contributed by atoms with van der Waals surface area (Å²) >= 11 is 0. The molecule has 0 N–H and O–H groups in total. The molecule has 0 radical (unpaired) electrons. The Morgan fingerprint density at radius 2 is 2.25 bits per heavy atom. The molecule has 0 saturated heterocycles. The fourth-order valence-electron chi connectivity index (χ4n) is 1.33. The number of hydrogen-bond donors (Lipinski definition) is 0. The third-order valence-corrected chi connectivity index (χ3v) is 2.08. The molecule has 84 valence electrons. The number of aryl methyl sites for hydroxylation is 2. The molecule has 0 atom stereocenters. The van der Waals surface area contributed by atoms with Gasteiger partial charge in [0, 0.05) is 25.0 Å². The van der Waals surface area contributed by atoms with Crippen LogP contribution in [0.2, 0.25) is 0 Å². The zero-order valence-corrected chi connectivity index (χ0v) is 9.14. The van der Waals surface area contributed by atoms with E-state index in [1.165, 1.54) is 6.07 Å². The molecule has 0 aliphatic carbocycles. The van der Waals surface area contributed by atoms with Crippen LogP contribution in [0.15, 0.2) is 24.7 Å². The number of rotatable bonds is 3. The topological polar surface area (TPSA) is 39.9 Å². The van der Waals surface area contributed by atoms with Gasteiger partial charge in [-0.1, -0.05) is 0 Å². The zero-order valence-electron chi connectivity index (χ0n) is 9.14. The molecule has 0 aliphatic rings. The highest BCUT2D eigenvalue weighted by Crippen LogP contribution is 2.15. The monoisotopic (exact) mass is 221 g/mol. The van der Waals surface area contributed by atoms with Crippen molar-refractivity contribution in [2.24, 2.45) is 7.05 Å². The van der Waals surface area contributed by atoms with Crippen LogP contribution in [0.5, 0.6) is 5.88 Å². The van der Waals surface area contributed by atoms with Gasteiger partial charge in [0.05, 0.1) is 6.20 Å². The van der Waals surface area contributed by atoms with Crippen LogP contribution in [-0.4, -0.2) is 14.8 Å². The molecule has 0 aromatic carbocycles. The standard InChI is InChI=1S/C11H12FN3O/c1-8-3-10(12)11(13-4-8)16-7-9-5-14-15(2)6-9/h3-6H,7H2,1-2H3. The third-order valence-electron chi connectivity index (χ3n) is 2.08. The molecule has 0 fully saturated rings. The Kier molecular flexibility index (Phi) is 2.85. The molecule has 5 heteroatoms. The van der Waals surface area contributed by atoms with Gasteiger partial charge in [-0.05, 0) is 18.6 Å². The van der Waals surface area contributed by atoms with Crippen molar-refractivity contribution in [3.8, 4) is 5.88 Å². The van der Waals surface area contributed by atoms with Crippen molar-refractivity contribution in [3.05, 3.63) is 41.6 Å². The van der Waals surface area contributed by atoms with Crippen LogP contribution in [-0.2, 0) is 13.7 Å². The molecule has 0 amide bonds. The third kappa shape index (κ3) is 2.36. The van der Waals surface area contributed by atoms with Crippen LogP contribution < -0.4 is 4.74 Å². The molecule has 0 aliphatic heterocycles. The summed E-state index contributed by atoms with van der Waals surface area (Å²) in [5, 5.41) is 3.99. The second-order valence-corrected chi connectivity index (χ2v) is 3.61. The van der Waals surface area contributed by atoms with Crippen LogP contribution in [0.1, 0.15) is 11.1 Å². The SMILES string of the molecule is Cc1cnc(OCc2cnn(C)c2)c(F)c1. The molecule has 0 unspecified atom stereocenters. The van der Waals surface area contributed by atoms with Crippen LogP contribution in [0.25, 0.3) is 0 Å². The second kappa shape index (κ2) is 4.30. The molecule has 2 aromatic rings. The number of pyridine rings is 1. The van der Waals surface area contributed by atoms with Crippen molar-refractivity contribution in [3.63, 3.8) is 0 Å². The van der Waals surface area contributed by atoms with Crippen LogP contribution in [0.3, 0.4) is 0 Å². The number of hydrogen-bond acceptors (Lipinski definition) is 3. The minimum absolute atomic E-state index is 0.0226. The first-order valence-electron chi connectivity index (χ1n) is 4.87. The molecule has 2 heterocycles. The van der Waals surface area contributed by atoms with E-state index in [1.807, 2.05) is 13.2 Å². The van der Waals surface area contributed by atoms with E-state index in [1.54, 1.807) is 24.0 Å². The predicted molar refractivity (Wildman–Crippen MR) is 56.5 cm³/mol. The average molecular weight is 221 g/mol. The van der Waals surface area contributed by atoms with Gasteiger partial charge >= 0.3 is 0 Å². The van der Waals surface area contributed by atoms with Crippen LogP contribution >= 0.6 is 0 Å². The van der Waals surface area contributed by atoms with Gasteiger partial charge in [-0.3, -0.25) is 4.68 Å². The first kappa shape index (κ1) is 10.6. The van der Waals surface area contributed by atoms with Gasteiger partial charge in [0.25, 0.3) is 5.88 Å². The summed E-state index contributed by atoms with van der Waals surface area (Å²) in [6.45, 7) is 2.04. The number of halogens is 1. The Hall–Kier alpha value is -1.91. The summed E-state index contributed by atoms with van der Waals surface area (Å²) in [5.41, 5.74) is 1.65. The van der Waals surface area contributed by atoms with E-state index in [9.17, 15) is 4.39 Å². The quantitative estimate of drug-likeness (QED) is 0.794. The smallest absolute Gasteiger partial charge is 0.250 e. The lowest BCUT2D eigenvalue weighted by atomic mass is 10.3. The van der Waals surface area contributed by atoms with E-state index in [2.05, 4.69) is 10.1 Å². The predicted octanol–water partition coefficient (Wildman–Crippen LogP) is 1.84. The Morgan fingerprint density at radius 3 is 2.88 bits per heavy atom. The van der Waals surface area contributed by atoms with Crippen molar-refractivity contribution in [2.45, 2.75) is 13.5 Å².